The lowest BCUT2D eigenvalue weighted by molar-refractivity contribution is 0.198. The van der Waals surface area contributed by atoms with Gasteiger partial charge in [-0.2, -0.15) is 0 Å². The van der Waals surface area contributed by atoms with Crippen LogP contribution >= 0.6 is 0 Å². The molecular weight excluding hydrogens is 724 g/mol. The fourth-order valence-corrected chi connectivity index (χ4v) is 7.05. The van der Waals surface area contributed by atoms with Gasteiger partial charge in [0.1, 0.15) is 11.6 Å². The first-order valence-electron chi connectivity index (χ1n) is 22.6. The number of aliphatic imine (C=N–C) groups is 2. The van der Waals surface area contributed by atoms with E-state index in [1.807, 2.05) is 26.8 Å². The molecular formula is C54H97FN4. The number of rotatable bonds is 15. The second-order valence-electron chi connectivity index (χ2n) is 17.2. The molecule has 0 bridgehead atoms. The first-order chi connectivity index (χ1) is 27.4. The number of halogens is 1. The second-order valence-corrected chi connectivity index (χ2v) is 17.2. The Hall–Kier alpha value is -3.31. The zero-order valence-electron chi connectivity index (χ0n) is 40.7. The van der Waals surface area contributed by atoms with Crippen LogP contribution in [0.3, 0.4) is 0 Å². The molecule has 0 heterocycles. The fourth-order valence-electron chi connectivity index (χ4n) is 7.05. The maximum absolute atomic E-state index is 14.2. The summed E-state index contributed by atoms with van der Waals surface area (Å²) in [5.74, 6) is 3.66. The number of allylic oxidation sites excluding steroid dienone is 5. The minimum absolute atomic E-state index is 0. The molecule has 0 radical (unpaired) electrons. The third-order valence-electron chi connectivity index (χ3n) is 9.57. The number of hydrogen-bond acceptors (Lipinski definition) is 4. The van der Waals surface area contributed by atoms with Crippen LogP contribution < -0.4 is 11.1 Å². The molecule has 0 spiro atoms. The maximum atomic E-state index is 14.2. The predicted octanol–water partition coefficient (Wildman–Crippen LogP) is 17.1. The van der Waals surface area contributed by atoms with Crippen molar-refractivity contribution in [2.24, 2.45) is 39.4 Å². The summed E-state index contributed by atoms with van der Waals surface area (Å²) in [4.78, 5) is 9.07. The van der Waals surface area contributed by atoms with Gasteiger partial charge >= 0.3 is 0 Å². The van der Waals surface area contributed by atoms with Gasteiger partial charge in [0.05, 0.1) is 11.4 Å². The van der Waals surface area contributed by atoms with E-state index >= 15 is 0 Å². The Kier molecular flexibility index (Phi) is 39.8. The van der Waals surface area contributed by atoms with Crippen LogP contribution in [0.4, 0.5) is 4.39 Å². The molecule has 1 aromatic carbocycles. The molecule has 2 fully saturated rings. The van der Waals surface area contributed by atoms with Gasteiger partial charge in [0.15, 0.2) is 0 Å². The summed E-state index contributed by atoms with van der Waals surface area (Å²) in [6.07, 6.45) is 23.5. The summed E-state index contributed by atoms with van der Waals surface area (Å²) in [6.45, 7) is 46.1. The Labute approximate surface area is 368 Å². The molecule has 1 unspecified atom stereocenters. The first-order valence-corrected chi connectivity index (χ1v) is 22.6. The lowest BCUT2D eigenvalue weighted by Gasteiger charge is -2.35. The number of benzene rings is 1. The monoisotopic (exact) mass is 821 g/mol. The van der Waals surface area contributed by atoms with Gasteiger partial charge in [-0.25, -0.2) is 9.38 Å². The molecule has 0 aliphatic heterocycles. The summed E-state index contributed by atoms with van der Waals surface area (Å²) in [7, 11) is 0. The molecule has 4 nitrogen and oxygen atoms in total. The molecule has 340 valence electrons. The summed E-state index contributed by atoms with van der Waals surface area (Å²) in [6, 6.07) is 6.42. The molecule has 59 heavy (non-hydrogen) atoms. The van der Waals surface area contributed by atoms with Crippen molar-refractivity contribution in [3.05, 3.63) is 108 Å². The smallest absolute Gasteiger partial charge is 0.137 e. The highest BCUT2D eigenvalue weighted by Gasteiger charge is 2.32. The van der Waals surface area contributed by atoms with Crippen LogP contribution in [0.5, 0.6) is 0 Å². The Morgan fingerprint density at radius 1 is 0.932 bits per heavy atom. The van der Waals surface area contributed by atoms with Crippen molar-refractivity contribution >= 4 is 11.9 Å². The van der Waals surface area contributed by atoms with Crippen LogP contribution in [-0.4, -0.2) is 18.5 Å². The number of nitrogens with zero attached hydrogens (tertiary/aromatic N) is 2. The Bertz CT molecular complexity index is 1380. The van der Waals surface area contributed by atoms with Crippen molar-refractivity contribution < 1.29 is 4.39 Å². The highest BCUT2D eigenvalue weighted by Crippen LogP contribution is 2.41. The fraction of sp³-hybridized carbons (Fsp3) is 0.630. The zero-order chi connectivity index (χ0) is 45.3. The zero-order valence-corrected chi connectivity index (χ0v) is 40.7. The minimum Gasteiger partial charge on any atom is -0.339 e. The molecule has 0 amide bonds. The van der Waals surface area contributed by atoms with E-state index in [-0.39, 0.29) is 25.1 Å². The van der Waals surface area contributed by atoms with E-state index in [4.69, 9.17) is 10.7 Å². The molecule has 2 aliphatic carbocycles. The van der Waals surface area contributed by atoms with Gasteiger partial charge in [-0.15, -0.1) is 13.2 Å². The standard InChI is InChI=1S/C30H43FN4.C8H16.C5H10.2C4H10.C2H4.CH4/c1-10-14-28(27(31)20-32)34-24(9)35-29(19-23(8)33-13-4)25-15-16-26(22(7)18-25)30(12-3,17-11-2)21(5)6;1-3-4-8-5-7(2)6-8;1-2-4-5-3-1;2*1-4(2)3;1-2;/h10,13-16,18-19,34H,5,9,11-12,17,20,32H2,1-4,6-8H3;7-8H,3-6H2,1-2H3;1-5H2;2*4H,1-3H3;1-2H2;1H4/b14-10-,23-19+,28-27-,33-13?,35-29+;;;;;;. The van der Waals surface area contributed by atoms with E-state index in [1.165, 1.54) is 74.5 Å². The van der Waals surface area contributed by atoms with Crippen molar-refractivity contribution in [2.75, 3.05) is 6.54 Å². The lowest BCUT2D eigenvalue weighted by Crippen LogP contribution is -2.27. The third-order valence-corrected chi connectivity index (χ3v) is 9.57. The van der Waals surface area contributed by atoms with Gasteiger partial charge in [-0.3, -0.25) is 4.99 Å². The maximum Gasteiger partial charge on any atom is 0.137 e. The largest absolute Gasteiger partial charge is 0.339 e. The van der Waals surface area contributed by atoms with Crippen molar-refractivity contribution in [2.45, 2.75) is 194 Å². The third kappa shape index (κ3) is 28.7. The molecule has 5 heteroatoms. The average molecular weight is 821 g/mol. The highest BCUT2D eigenvalue weighted by atomic mass is 19.1. The average Bonchev–Trinajstić information content (AvgIpc) is 3.74. The van der Waals surface area contributed by atoms with Crippen molar-refractivity contribution in [1.29, 1.82) is 0 Å². The first kappa shape index (κ1) is 62.3. The molecule has 3 N–H and O–H groups in total. The van der Waals surface area contributed by atoms with Crippen LogP contribution in [0.2, 0.25) is 0 Å². The van der Waals surface area contributed by atoms with Gasteiger partial charge in [0.25, 0.3) is 0 Å². The van der Waals surface area contributed by atoms with Gasteiger partial charge in [0, 0.05) is 29.4 Å². The molecule has 1 aromatic rings. The number of hydrogen-bond donors (Lipinski definition) is 2. The van der Waals surface area contributed by atoms with Crippen molar-refractivity contribution in [3.8, 4) is 0 Å². The topological polar surface area (TPSA) is 62.8 Å². The summed E-state index contributed by atoms with van der Waals surface area (Å²) in [5, 5.41) is 2.94. The SMILES string of the molecule is C.C1CCCC1.C=C.C=C(/N=C(\C=C(/C)N=CC)c1ccc(C(CC)(CCC)C(=C)C)c(C)c1)NC(/C=C\C)=C(\F)CN.CC(C)C.CC(C)C.CCCC1CC(C)C1. The summed E-state index contributed by atoms with van der Waals surface area (Å²) >= 11 is 0. The molecule has 0 saturated heterocycles. The van der Waals surface area contributed by atoms with Crippen LogP contribution in [-0.2, 0) is 5.41 Å². The van der Waals surface area contributed by atoms with Gasteiger partial charge in [-0.05, 0) is 113 Å². The van der Waals surface area contributed by atoms with Crippen molar-refractivity contribution in [1.82, 2.24) is 5.32 Å². The molecule has 0 aromatic heterocycles. The molecule has 2 saturated carbocycles. The molecule has 2 aliphatic rings. The van der Waals surface area contributed by atoms with E-state index in [1.54, 1.807) is 18.4 Å². The van der Waals surface area contributed by atoms with E-state index in [9.17, 15) is 4.39 Å². The van der Waals surface area contributed by atoms with E-state index in [2.05, 4.69) is 138 Å². The lowest BCUT2D eigenvalue weighted by atomic mass is 9.68. The number of nitrogens with two attached hydrogens (primary N) is 1. The van der Waals surface area contributed by atoms with Crippen LogP contribution in [0.25, 0.3) is 0 Å². The Balaban J connectivity index is -0.000000504. The van der Waals surface area contributed by atoms with Gasteiger partial charge in [-0.1, -0.05) is 165 Å². The van der Waals surface area contributed by atoms with Crippen LogP contribution in [0.15, 0.2) is 101 Å². The molecule has 3 rings (SSSR count). The summed E-state index contributed by atoms with van der Waals surface area (Å²) in [5.41, 5.74) is 11.8. The predicted molar refractivity (Wildman–Crippen MR) is 270 cm³/mol. The Morgan fingerprint density at radius 3 is 1.80 bits per heavy atom. The van der Waals surface area contributed by atoms with E-state index < -0.39 is 5.83 Å². The number of nitrogens with one attached hydrogen (secondary N) is 1. The minimum atomic E-state index is -0.463. The highest BCUT2D eigenvalue weighted by molar-refractivity contribution is 6.09. The van der Waals surface area contributed by atoms with Gasteiger partial charge in [0.2, 0.25) is 0 Å². The van der Waals surface area contributed by atoms with E-state index in [0.717, 1.165) is 54.2 Å². The Morgan fingerprint density at radius 2 is 1.44 bits per heavy atom. The normalized spacial score (nSPS) is 17.4. The van der Waals surface area contributed by atoms with E-state index in [0.29, 0.717) is 11.5 Å². The molecule has 1 atom stereocenters. The van der Waals surface area contributed by atoms with Crippen LogP contribution in [0, 0.1) is 30.6 Å². The number of aryl methyl sites for hydroxylation is 1. The van der Waals surface area contributed by atoms with Crippen molar-refractivity contribution in [3.63, 3.8) is 0 Å². The van der Waals surface area contributed by atoms with Gasteiger partial charge < -0.3 is 11.1 Å². The van der Waals surface area contributed by atoms with Crippen LogP contribution in [0.1, 0.15) is 198 Å². The second kappa shape index (κ2) is 37.7. The summed E-state index contributed by atoms with van der Waals surface area (Å²) < 4.78 is 14.2. The quantitative estimate of drug-likeness (QED) is 0.105.